The topological polar surface area (TPSA) is 49.7 Å². The molecule has 0 bridgehead atoms. The molecule has 0 aromatic carbocycles. The quantitative estimate of drug-likeness (QED) is 0.533. The van der Waals surface area contributed by atoms with Gasteiger partial charge in [-0.25, -0.2) is 0 Å². The zero-order valence-corrected chi connectivity index (χ0v) is 9.24. The van der Waals surface area contributed by atoms with Crippen molar-refractivity contribution < 1.29 is 14.9 Å². The second-order valence-corrected chi connectivity index (χ2v) is 3.68. The molecule has 0 saturated heterocycles. The van der Waals surface area contributed by atoms with E-state index in [1.54, 1.807) is 0 Å². The Morgan fingerprint density at radius 1 is 1.07 bits per heavy atom. The van der Waals surface area contributed by atoms with E-state index < -0.39 is 6.10 Å². The Labute approximate surface area is 87.1 Å². The lowest BCUT2D eigenvalue weighted by molar-refractivity contribution is 0.00526. The van der Waals surface area contributed by atoms with Crippen molar-refractivity contribution in [3.8, 4) is 0 Å². The summed E-state index contributed by atoms with van der Waals surface area (Å²) in [5.74, 6) is 0. The molecule has 0 aromatic rings. The Kier molecular flexibility index (Phi) is 10.9. The van der Waals surface area contributed by atoms with Crippen LogP contribution in [-0.2, 0) is 4.74 Å². The highest BCUT2D eigenvalue weighted by molar-refractivity contribution is 4.49. The first-order valence-electron chi connectivity index (χ1n) is 5.68. The lowest BCUT2D eigenvalue weighted by atomic mass is 10.1. The molecule has 0 rings (SSSR count). The highest BCUT2D eigenvalue weighted by Gasteiger charge is 2.00. The third kappa shape index (κ3) is 9.96. The summed E-state index contributed by atoms with van der Waals surface area (Å²) < 4.78 is 5.18. The zero-order chi connectivity index (χ0) is 10.6. The van der Waals surface area contributed by atoms with E-state index in [0.29, 0.717) is 6.61 Å². The molecule has 1 atom stereocenters. The largest absolute Gasteiger partial charge is 0.394 e. The summed E-state index contributed by atoms with van der Waals surface area (Å²) in [4.78, 5) is 0. The van der Waals surface area contributed by atoms with Crippen molar-refractivity contribution in [2.75, 3.05) is 19.8 Å². The predicted octanol–water partition coefficient (Wildman–Crippen LogP) is 1.72. The molecule has 3 nitrogen and oxygen atoms in total. The van der Waals surface area contributed by atoms with Crippen LogP contribution in [0.2, 0.25) is 0 Å². The maximum Gasteiger partial charge on any atom is 0.100 e. The monoisotopic (exact) mass is 204 g/mol. The lowest BCUT2D eigenvalue weighted by Crippen LogP contribution is -2.19. The molecule has 0 aromatic heterocycles. The van der Waals surface area contributed by atoms with Gasteiger partial charge in [0.1, 0.15) is 6.10 Å². The summed E-state index contributed by atoms with van der Waals surface area (Å²) in [5, 5.41) is 17.5. The van der Waals surface area contributed by atoms with Crippen LogP contribution in [0.5, 0.6) is 0 Å². The number of aliphatic hydroxyl groups is 2. The van der Waals surface area contributed by atoms with Gasteiger partial charge in [-0.05, 0) is 6.42 Å². The van der Waals surface area contributed by atoms with Crippen molar-refractivity contribution in [1.82, 2.24) is 0 Å². The van der Waals surface area contributed by atoms with Crippen molar-refractivity contribution in [2.45, 2.75) is 51.6 Å². The number of ether oxygens (including phenoxy) is 1. The molecular formula is C11H24O3. The maximum atomic E-state index is 8.96. The van der Waals surface area contributed by atoms with Crippen LogP contribution in [0.3, 0.4) is 0 Å². The van der Waals surface area contributed by atoms with E-state index in [2.05, 4.69) is 6.92 Å². The molecule has 0 aliphatic heterocycles. The van der Waals surface area contributed by atoms with Gasteiger partial charge < -0.3 is 14.9 Å². The smallest absolute Gasteiger partial charge is 0.100 e. The number of unbranched alkanes of at least 4 members (excludes halogenated alkanes) is 5. The lowest BCUT2D eigenvalue weighted by Gasteiger charge is -2.07. The van der Waals surface area contributed by atoms with E-state index in [1.807, 2.05) is 0 Å². The van der Waals surface area contributed by atoms with Crippen LogP contribution in [0.4, 0.5) is 0 Å². The normalized spacial score (nSPS) is 13.1. The van der Waals surface area contributed by atoms with Gasteiger partial charge in [0, 0.05) is 6.61 Å². The van der Waals surface area contributed by atoms with Crippen LogP contribution in [-0.4, -0.2) is 36.1 Å². The first kappa shape index (κ1) is 13.9. The molecule has 0 heterocycles. The van der Waals surface area contributed by atoms with E-state index in [4.69, 9.17) is 14.9 Å². The van der Waals surface area contributed by atoms with Gasteiger partial charge in [-0.2, -0.15) is 0 Å². The number of hydrogen-bond acceptors (Lipinski definition) is 3. The Balaban J connectivity index is 2.92. The summed E-state index contributed by atoms with van der Waals surface area (Å²) in [6.45, 7) is 2.95. The molecule has 0 fully saturated rings. The van der Waals surface area contributed by atoms with Gasteiger partial charge >= 0.3 is 0 Å². The first-order chi connectivity index (χ1) is 6.81. The second kappa shape index (κ2) is 11.0. The molecule has 0 unspecified atom stereocenters. The van der Waals surface area contributed by atoms with E-state index in [1.165, 1.54) is 32.1 Å². The fourth-order valence-electron chi connectivity index (χ4n) is 1.26. The van der Waals surface area contributed by atoms with Crippen LogP contribution < -0.4 is 0 Å². The third-order valence-corrected chi connectivity index (χ3v) is 2.16. The fourth-order valence-corrected chi connectivity index (χ4v) is 1.26. The van der Waals surface area contributed by atoms with E-state index >= 15 is 0 Å². The van der Waals surface area contributed by atoms with Gasteiger partial charge in [-0.3, -0.25) is 0 Å². The van der Waals surface area contributed by atoms with Gasteiger partial charge in [0.25, 0.3) is 0 Å². The average Bonchev–Trinajstić information content (AvgIpc) is 2.21. The van der Waals surface area contributed by atoms with E-state index in [9.17, 15) is 0 Å². The number of aliphatic hydroxyl groups excluding tert-OH is 2. The zero-order valence-electron chi connectivity index (χ0n) is 9.24. The number of hydrogen-bond donors (Lipinski definition) is 2. The van der Waals surface area contributed by atoms with Crippen LogP contribution in [0.25, 0.3) is 0 Å². The third-order valence-electron chi connectivity index (χ3n) is 2.16. The minimum atomic E-state index is -0.713. The van der Waals surface area contributed by atoms with Crippen molar-refractivity contribution in [3.63, 3.8) is 0 Å². The highest BCUT2D eigenvalue weighted by Crippen LogP contribution is 2.04. The number of rotatable bonds is 10. The first-order valence-corrected chi connectivity index (χ1v) is 5.68. The van der Waals surface area contributed by atoms with Crippen LogP contribution in [0, 0.1) is 0 Å². The Bertz CT molecular complexity index is 107. The van der Waals surface area contributed by atoms with Crippen molar-refractivity contribution >= 4 is 0 Å². The second-order valence-electron chi connectivity index (χ2n) is 3.68. The Morgan fingerprint density at radius 3 is 2.36 bits per heavy atom. The Morgan fingerprint density at radius 2 is 1.71 bits per heavy atom. The molecule has 0 saturated carbocycles. The molecule has 0 aliphatic carbocycles. The van der Waals surface area contributed by atoms with Gasteiger partial charge in [0.15, 0.2) is 0 Å². The fraction of sp³-hybridized carbons (Fsp3) is 1.00. The molecule has 0 aliphatic rings. The van der Waals surface area contributed by atoms with Crippen molar-refractivity contribution in [2.24, 2.45) is 0 Å². The van der Waals surface area contributed by atoms with Crippen LogP contribution in [0.15, 0.2) is 0 Å². The summed E-state index contributed by atoms with van der Waals surface area (Å²) in [5.41, 5.74) is 0. The Hall–Kier alpha value is -0.120. The molecule has 86 valence electrons. The van der Waals surface area contributed by atoms with Crippen LogP contribution in [0.1, 0.15) is 45.4 Å². The standard InChI is InChI=1S/C11H24O3/c1-2-3-4-5-6-7-8-14-10-11(13)9-12/h11-13H,2-10H2,1H3/t11-/m1/s1. The molecule has 0 amide bonds. The summed E-state index contributed by atoms with van der Waals surface area (Å²) >= 11 is 0. The van der Waals surface area contributed by atoms with Gasteiger partial charge in [-0.1, -0.05) is 39.0 Å². The van der Waals surface area contributed by atoms with Crippen molar-refractivity contribution in [3.05, 3.63) is 0 Å². The summed E-state index contributed by atoms with van der Waals surface area (Å²) in [6.07, 6.45) is 6.74. The van der Waals surface area contributed by atoms with Gasteiger partial charge in [0.05, 0.1) is 13.2 Å². The maximum absolute atomic E-state index is 8.96. The minimum Gasteiger partial charge on any atom is -0.394 e. The SMILES string of the molecule is CCCCCCCCOC[C@H](O)CO. The van der Waals surface area contributed by atoms with Gasteiger partial charge in [0.2, 0.25) is 0 Å². The summed E-state index contributed by atoms with van der Waals surface area (Å²) in [7, 11) is 0. The molecule has 14 heavy (non-hydrogen) atoms. The highest BCUT2D eigenvalue weighted by atomic mass is 16.5. The van der Waals surface area contributed by atoms with Gasteiger partial charge in [-0.15, -0.1) is 0 Å². The van der Waals surface area contributed by atoms with Crippen molar-refractivity contribution in [1.29, 1.82) is 0 Å². The van der Waals surface area contributed by atoms with E-state index in [0.717, 1.165) is 6.42 Å². The molecular weight excluding hydrogens is 180 g/mol. The minimum absolute atomic E-state index is 0.212. The molecule has 0 spiro atoms. The molecule has 3 heteroatoms. The van der Waals surface area contributed by atoms with Crippen LogP contribution >= 0.6 is 0 Å². The predicted molar refractivity (Wildman–Crippen MR) is 57.3 cm³/mol. The van der Waals surface area contributed by atoms with E-state index in [-0.39, 0.29) is 13.2 Å². The average molecular weight is 204 g/mol. The summed E-state index contributed by atoms with van der Waals surface area (Å²) in [6, 6.07) is 0. The molecule has 2 N–H and O–H groups in total. The molecule has 0 radical (unpaired) electrons.